The molecule has 0 fully saturated rings. The summed E-state index contributed by atoms with van der Waals surface area (Å²) in [5, 5.41) is 3.66. The Bertz CT molecular complexity index is 299. The lowest BCUT2D eigenvalue weighted by molar-refractivity contribution is 0.360. The Morgan fingerprint density at radius 2 is 1.89 bits per heavy atom. The lowest BCUT2D eigenvalue weighted by Crippen LogP contribution is -2.35. The van der Waals surface area contributed by atoms with Crippen molar-refractivity contribution in [3.05, 3.63) is 30.3 Å². The first-order chi connectivity index (χ1) is 8.77. The van der Waals surface area contributed by atoms with Gasteiger partial charge in [0.05, 0.1) is 0 Å². The van der Waals surface area contributed by atoms with Crippen LogP contribution in [0.5, 0.6) is 0 Å². The van der Waals surface area contributed by atoms with Crippen molar-refractivity contribution in [3.63, 3.8) is 0 Å². The topological polar surface area (TPSA) is 12.0 Å². The maximum absolute atomic E-state index is 3.66. The van der Waals surface area contributed by atoms with Gasteiger partial charge in [0.1, 0.15) is 0 Å². The van der Waals surface area contributed by atoms with E-state index < -0.39 is 0 Å². The Labute approximate surface area is 117 Å². The van der Waals surface area contributed by atoms with Crippen molar-refractivity contribution >= 4 is 11.8 Å². The molecule has 1 aromatic carbocycles. The average molecular weight is 265 g/mol. The highest BCUT2D eigenvalue weighted by atomic mass is 32.2. The molecule has 1 rings (SSSR count). The molecule has 0 bridgehead atoms. The molecule has 102 valence electrons. The van der Waals surface area contributed by atoms with E-state index in [-0.39, 0.29) is 0 Å². The molecule has 1 N–H and O–H groups in total. The molecule has 0 aliphatic rings. The predicted molar refractivity (Wildman–Crippen MR) is 83.3 cm³/mol. The fourth-order valence-corrected chi connectivity index (χ4v) is 3.23. The molecule has 0 aliphatic heterocycles. The van der Waals surface area contributed by atoms with Gasteiger partial charge in [0.2, 0.25) is 0 Å². The zero-order valence-corrected chi connectivity index (χ0v) is 12.8. The lowest BCUT2D eigenvalue weighted by atomic mass is 9.97. The Morgan fingerprint density at radius 3 is 2.50 bits per heavy atom. The van der Waals surface area contributed by atoms with Gasteiger partial charge in [-0.05, 0) is 49.6 Å². The van der Waals surface area contributed by atoms with Gasteiger partial charge in [-0.1, -0.05) is 39.0 Å². The smallest absolute Gasteiger partial charge is 0.00903 e. The van der Waals surface area contributed by atoms with Gasteiger partial charge in [-0.25, -0.2) is 0 Å². The van der Waals surface area contributed by atoms with Crippen LogP contribution in [-0.2, 0) is 0 Å². The van der Waals surface area contributed by atoms with Crippen LogP contribution in [0.4, 0.5) is 0 Å². The summed E-state index contributed by atoms with van der Waals surface area (Å²) in [5.74, 6) is 1.98. The minimum absolute atomic E-state index is 0.682. The predicted octanol–water partition coefficient (Wildman–Crippen LogP) is 4.58. The number of hydrogen-bond acceptors (Lipinski definition) is 2. The highest BCUT2D eigenvalue weighted by molar-refractivity contribution is 7.99. The summed E-state index contributed by atoms with van der Waals surface area (Å²) in [5.41, 5.74) is 0. The second-order valence-corrected chi connectivity index (χ2v) is 6.06. The minimum Gasteiger partial charge on any atom is -0.314 e. The molecule has 0 saturated heterocycles. The molecule has 1 nitrogen and oxygen atoms in total. The van der Waals surface area contributed by atoms with E-state index in [1.54, 1.807) is 0 Å². The van der Waals surface area contributed by atoms with Crippen LogP contribution in [0.15, 0.2) is 35.2 Å². The van der Waals surface area contributed by atoms with E-state index in [4.69, 9.17) is 0 Å². The molecule has 0 saturated carbocycles. The SMILES string of the molecule is CCCNC(CC)C(C)CCSc1ccccc1. The van der Waals surface area contributed by atoms with Crippen molar-refractivity contribution in [1.82, 2.24) is 5.32 Å². The number of rotatable bonds is 9. The summed E-state index contributed by atoms with van der Waals surface area (Å²) in [6, 6.07) is 11.4. The van der Waals surface area contributed by atoms with Crippen LogP contribution < -0.4 is 5.32 Å². The van der Waals surface area contributed by atoms with Crippen LogP contribution >= 0.6 is 11.8 Å². The van der Waals surface area contributed by atoms with E-state index in [0.717, 1.165) is 12.5 Å². The van der Waals surface area contributed by atoms with Crippen LogP contribution in [-0.4, -0.2) is 18.3 Å². The third kappa shape index (κ3) is 5.92. The molecule has 2 heteroatoms. The molecule has 0 aromatic heterocycles. The molecule has 18 heavy (non-hydrogen) atoms. The number of nitrogens with one attached hydrogen (secondary N) is 1. The third-order valence-electron chi connectivity index (χ3n) is 3.37. The molecule has 0 heterocycles. The van der Waals surface area contributed by atoms with Crippen LogP contribution in [0.1, 0.15) is 40.0 Å². The maximum atomic E-state index is 3.66. The third-order valence-corrected chi connectivity index (χ3v) is 4.41. The summed E-state index contributed by atoms with van der Waals surface area (Å²) in [6.07, 6.45) is 3.74. The first-order valence-electron chi connectivity index (χ1n) is 7.19. The molecule has 0 spiro atoms. The molecule has 1 aromatic rings. The molecule has 2 unspecified atom stereocenters. The summed E-state index contributed by atoms with van der Waals surface area (Å²) in [6.45, 7) is 8.04. The summed E-state index contributed by atoms with van der Waals surface area (Å²) >= 11 is 1.97. The first-order valence-corrected chi connectivity index (χ1v) is 8.17. The van der Waals surface area contributed by atoms with Crippen LogP contribution in [0.25, 0.3) is 0 Å². The highest BCUT2D eigenvalue weighted by Crippen LogP contribution is 2.21. The van der Waals surface area contributed by atoms with Crippen molar-refractivity contribution in [3.8, 4) is 0 Å². The van der Waals surface area contributed by atoms with Crippen LogP contribution in [0, 0.1) is 5.92 Å². The largest absolute Gasteiger partial charge is 0.314 e. The Hall–Kier alpha value is -0.470. The molecule has 0 aliphatic carbocycles. The van der Waals surface area contributed by atoms with E-state index >= 15 is 0 Å². The van der Waals surface area contributed by atoms with Gasteiger partial charge in [0, 0.05) is 10.9 Å². The first kappa shape index (κ1) is 15.6. The van der Waals surface area contributed by atoms with Gasteiger partial charge in [0.15, 0.2) is 0 Å². The van der Waals surface area contributed by atoms with Crippen molar-refractivity contribution in [2.24, 2.45) is 5.92 Å². The average Bonchev–Trinajstić information content (AvgIpc) is 2.41. The van der Waals surface area contributed by atoms with E-state index in [2.05, 4.69) is 56.4 Å². The molecular formula is C16H27NS. The van der Waals surface area contributed by atoms with Crippen LogP contribution in [0.2, 0.25) is 0 Å². The second kappa shape index (κ2) is 9.46. The van der Waals surface area contributed by atoms with Gasteiger partial charge in [-0.3, -0.25) is 0 Å². The molecule has 0 amide bonds. The normalized spacial score (nSPS) is 14.4. The summed E-state index contributed by atoms with van der Waals surface area (Å²) in [7, 11) is 0. The van der Waals surface area contributed by atoms with Crippen molar-refractivity contribution in [1.29, 1.82) is 0 Å². The zero-order chi connectivity index (χ0) is 13.2. The number of thioether (sulfide) groups is 1. The molecule has 0 radical (unpaired) electrons. The van der Waals surface area contributed by atoms with E-state index in [1.165, 1.54) is 29.9 Å². The summed E-state index contributed by atoms with van der Waals surface area (Å²) < 4.78 is 0. The molecule has 2 atom stereocenters. The van der Waals surface area contributed by atoms with Gasteiger partial charge in [-0.2, -0.15) is 0 Å². The zero-order valence-electron chi connectivity index (χ0n) is 12.0. The maximum Gasteiger partial charge on any atom is 0.00903 e. The standard InChI is InChI=1S/C16H27NS/c1-4-12-17-16(5-2)14(3)11-13-18-15-9-7-6-8-10-15/h6-10,14,16-17H,4-5,11-13H2,1-3H3. The van der Waals surface area contributed by atoms with Crippen LogP contribution in [0.3, 0.4) is 0 Å². The van der Waals surface area contributed by atoms with E-state index in [1.807, 2.05) is 11.8 Å². The monoisotopic (exact) mass is 265 g/mol. The molecular weight excluding hydrogens is 238 g/mol. The van der Waals surface area contributed by atoms with Gasteiger partial charge >= 0.3 is 0 Å². The second-order valence-electron chi connectivity index (χ2n) is 4.90. The fraction of sp³-hybridized carbons (Fsp3) is 0.625. The van der Waals surface area contributed by atoms with Gasteiger partial charge in [-0.15, -0.1) is 11.8 Å². The van der Waals surface area contributed by atoms with Gasteiger partial charge in [0.25, 0.3) is 0 Å². The van der Waals surface area contributed by atoms with Gasteiger partial charge < -0.3 is 5.32 Å². The highest BCUT2D eigenvalue weighted by Gasteiger charge is 2.13. The van der Waals surface area contributed by atoms with Crippen molar-refractivity contribution in [2.75, 3.05) is 12.3 Å². The fourth-order valence-electron chi connectivity index (χ4n) is 2.16. The van der Waals surface area contributed by atoms with E-state index in [9.17, 15) is 0 Å². The quantitative estimate of drug-likeness (QED) is 0.656. The Kier molecular flexibility index (Phi) is 8.19. The Morgan fingerprint density at radius 1 is 1.17 bits per heavy atom. The number of benzene rings is 1. The minimum atomic E-state index is 0.682. The van der Waals surface area contributed by atoms with E-state index in [0.29, 0.717) is 6.04 Å². The van der Waals surface area contributed by atoms with Crippen molar-refractivity contribution in [2.45, 2.75) is 51.0 Å². The Balaban J connectivity index is 2.24. The number of hydrogen-bond donors (Lipinski definition) is 1. The van der Waals surface area contributed by atoms with Crippen molar-refractivity contribution < 1.29 is 0 Å². The summed E-state index contributed by atoms with van der Waals surface area (Å²) in [4.78, 5) is 1.39. The lowest BCUT2D eigenvalue weighted by Gasteiger charge is -2.23.